The predicted octanol–water partition coefficient (Wildman–Crippen LogP) is 8.06. The number of rotatable bonds is 17. The Morgan fingerprint density at radius 2 is 1.54 bits per heavy atom. The fourth-order valence-electron chi connectivity index (χ4n) is 4.67. The topological polar surface area (TPSA) is 78.9 Å². The van der Waals surface area contributed by atoms with Crippen molar-refractivity contribution in [1.29, 1.82) is 0 Å². The van der Waals surface area contributed by atoms with Crippen LogP contribution in [-0.4, -0.2) is 36.0 Å². The molecule has 6 heteroatoms. The van der Waals surface area contributed by atoms with Crippen LogP contribution in [0.5, 0.6) is 5.75 Å². The van der Waals surface area contributed by atoms with Crippen molar-refractivity contribution < 1.29 is 28.6 Å². The van der Waals surface area contributed by atoms with Gasteiger partial charge in [-0.1, -0.05) is 94.9 Å². The number of ketones is 1. The summed E-state index contributed by atoms with van der Waals surface area (Å²) < 4.78 is 17.3. The molecule has 0 saturated carbocycles. The Balaban J connectivity index is 1.65. The Labute approximate surface area is 244 Å². The average Bonchev–Trinajstić information content (AvgIpc) is 3.00. The molecule has 0 aliphatic heterocycles. The highest BCUT2D eigenvalue weighted by atomic mass is 16.6. The Morgan fingerprint density at radius 1 is 0.854 bits per heavy atom. The molecule has 2 atom stereocenters. The van der Waals surface area contributed by atoms with Gasteiger partial charge < -0.3 is 14.2 Å². The van der Waals surface area contributed by atoms with E-state index < -0.39 is 17.7 Å². The van der Waals surface area contributed by atoms with Crippen molar-refractivity contribution in [2.24, 2.45) is 0 Å². The molecule has 2 aromatic carbocycles. The monoisotopic (exact) mass is 560 g/mol. The van der Waals surface area contributed by atoms with Crippen molar-refractivity contribution in [2.45, 2.75) is 96.7 Å². The van der Waals surface area contributed by atoms with Crippen LogP contribution < -0.4 is 4.74 Å². The molecule has 1 aliphatic rings. The first kappa shape index (κ1) is 32.0. The third-order valence-corrected chi connectivity index (χ3v) is 7.23. The van der Waals surface area contributed by atoms with Crippen molar-refractivity contribution in [2.75, 3.05) is 6.61 Å². The number of ether oxygens (including phenoxy) is 3. The van der Waals surface area contributed by atoms with E-state index in [0.29, 0.717) is 30.8 Å². The van der Waals surface area contributed by atoms with E-state index in [4.69, 9.17) is 14.2 Å². The molecular weight excluding hydrogens is 516 g/mol. The Kier molecular flexibility index (Phi) is 13.0. The smallest absolute Gasteiger partial charge is 0.348 e. The maximum absolute atomic E-state index is 13.5. The highest BCUT2D eigenvalue weighted by Gasteiger charge is 2.40. The highest BCUT2D eigenvalue weighted by Crippen LogP contribution is 2.32. The lowest BCUT2D eigenvalue weighted by Gasteiger charge is -2.30. The summed E-state index contributed by atoms with van der Waals surface area (Å²) in [5, 5.41) is 0. The number of esters is 2. The third-order valence-electron chi connectivity index (χ3n) is 7.23. The summed E-state index contributed by atoms with van der Waals surface area (Å²) >= 11 is 0. The first-order chi connectivity index (χ1) is 19.9. The van der Waals surface area contributed by atoms with Gasteiger partial charge in [-0.3, -0.25) is 9.59 Å². The second-order valence-electron chi connectivity index (χ2n) is 10.6. The van der Waals surface area contributed by atoms with Gasteiger partial charge in [0.2, 0.25) is 5.78 Å². The number of carbonyl (C=O) groups is 3. The number of Topliss-reactive ketones (excluding diaryl/α,β-unsaturated/α-hetero) is 1. The minimum Gasteiger partial charge on any atom is -0.454 e. The van der Waals surface area contributed by atoms with Crippen LogP contribution in [0, 0.1) is 0 Å². The van der Waals surface area contributed by atoms with Crippen molar-refractivity contribution in [3.05, 3.63) is 84.0 Å². The van der Waals surface area contributed by atoms with Crippen LogP contribution in [0.25, 0.3) is 5.57 Å². The van der Waals surface area contributed by atoms with Crippen molar-refractivity contribution in [3.63, 3.8) is 0 Å². The van der Waals surface area contributed by atoms with Crippen LogP contribution in [0.15, 0.2) is 72.8 Å². The molecule has 0 saturated heterocycles. The van der Waals surface area contributed by atoms with E-state index in [9.17, 15) is 14.4 Å². The van der Waals surface area contributed by atoms with E-state index >= 15 is 0 Å². The number of benzene rings is 2. The van der Waals surface area contributed by atoms with Gasteiger partial charge in [0.05, 0.1) is 0 Å². The van der Waals surface area contributed by atoms with Crippen molar-refractivity contribution >= 4 is 23.3 Å². The van der Waals surface area contributed by atoms with Gasteiger partial charge in [0.25, 0.3) is 0 Å². The summed E-state index contributed by atoms with van der Waals surface area (Å²) in [4.78, 5) is 38.2. The van der Waals surface area contributed by atoms with E-state index in [1.807, 2.05) is 49.4 Å². The number of hydrogen-bond acceptors (Lipinski definition) is 6. The Morgan fingerprint density at radius 3 is 2.20 bits per heavy atom. The van der Waals surface area contributed by atoms with Gasteiger partial charge >= 0.3 is 11.9 Å². The summed E-state index contributed by atoms with van der Waals surface area (Å²) in [5.41, 5.74) is 1.26. The molecule has 0 amide bonds. The van der Waals surface area contributed by atoms with Gasteiger partial charge in [-0.05, 0) is 61.2 Å². The lowest BCUT2D eigenvalue weighted by Crippen LogP contribution is -2.43. The fourth-order valence-corrected chi connectivity index (χ4v) is 4.67. The molecule has 0 heterocycles. The van der Waals surface area contributed by atoms with Crippen LogP contribution in [-0.2, 0) is 19.1 Å². The molecule has 2 aromatic rings. The van der Waals surface area contributed by atoms with Crippen LogP contribution >= 0.6 is 0 Å². The van der Waals surface area contributed by atoms with Crippen molar-refractivity contribution in [3.8, 4) is 5.75 Å². The molecule has 3 rings (SSSR count). The van der Waals surface area contributed by atoms with Gasteiger partial charge in [-0.15, -0.1) is 0 Å². The third kappa shape index (κ3) is 9.82. The normalized spacial score (nSPS) is 17.0. The molecule has 0 spiro atoms. The molecule has 2 unspecified atom stereocenters. The van der Waals surface area contributed by atoms with E-state index in [0.717, 1.165) is 43.2 Å². The maximum Gasteiger partial charge on any atom is 0.348 e. The summed E-state index contributed by atoms with van der Waals surface area (Å²) in [6.07, 6.45) is 13.9. The van der Waals surface area contributed by atoms with E-state index in [-0.39, 0.29) is 11.8 Å². The van der Waals surface area contributed by atoms with Crippen LogP contribution in [0.2, 0.25) is 0 Å². The van der Waals surface area contributed by atoms with Crippen molar-refractivity contribution in [1.82, 2.24) is 0 Å². The van der Waals surface area contributed by atoms with Gasteiger partial charge in [0, 0.05) is 25.0 Å². The van der Waals surface area contributed by atoms with Gasteiger partial charge in [0.1, 0.15) is 5.75 Å². The summed E-state index contributed by atoms with van der Waals surface area (Å²) in [6.45, 7) is 6.21. The second-order valence-corrected chi connectivity index (χ2v) is 10.6. The van der Waals surface area contributed by atoms with E-state index in [1.165, 1.54) is 19.3 Å². The highest BCUT2D eigenvalue weighted by molar-refractivity contribution is 6.00. The lowest BCUT2D eigenvalue weighted by atomic mass is 9.89. The summed E-state index contributed by atoms with van der Waals surface area (Å²) in [5.74, 6) is -0.872. The largest absolute Gasteiger partial charge is 0.454 e. The van der Waals surface area contributed by atoms with E-state index in [1.54, 1.807) is 37.3 Å². The number of allylic oxidation sites excluding steroid dienone is 2. The van der Waals surface area contributed by atoms with Gasteiger partial charge in [-0.25, -0.2) is 4.79 Å². The van der Waals surface area contributed by atoms with Crippen LogP contribution in [0.1, 0.15) is 101 Å². The van der Waals surface area contributed by atoms with E-state index in [2.05, 4.69) is 6.92 Å². The van der Waals surface area contributed by atoms with Gasteiger partial charge in [0.15, 0.2) is 11.7 Å². The molecule has 0 N–H and O–H groups in total. The zero-order chi connectivity index (χ0) is 29.5. The second kappa shape index (κ2) is 16.7. The molecule has 220 valence electrons. The molecule has 1 aliphatic carbocycles. The molecule has 6 nitrogen and oxygen atoms in total. The summed E-state index contributed by atoms with van der Waals surface area (Å²) in [7, 11) is 0. The first-order valence-electron chi connectivity index (χ1n) is 15.0. The number of unbranched alkanes of at least 4 members (excludes halogenated alkanes) is 6. The van der Waals surface area contributed by atoms with Gasteiger partial charge in [-0.2, -0.15) is 0 Å². The Hall–Kier alpha value is -3.51. The zero-order valence-electron chi connectivity index (χ0n) is 24.7. The van der Waals surface area contributed by atoms with Crippen LogP contribution in [0.3, 0.4) is 0 Å². The minimum absolute atomic E-state index is 0.294. The minimum atomic E-state index is -1.22. The predicted molar refractivity (Wildman–Crippen MR) is 162 cm³/mol. The first-order valence-corrected chi connectivity index (χ1v) is 15.0. The quantitative estimate of drug-likeness (QED) is 0.0843. The average molecular weight is 561 g/mol. The SMILES string of the molecule is CCCCCCCCOC1(C(=O)Oc2ccc(C(=O)C(C)OC(=O)CCCC)cc2)C=CC(c2ccccc2)=CC1. The maximum atomic E-state index is 13.5. The number of carbonyl (C=O) groups excluding carboxylic acids is 3. The Bertz CT molecular complexity index is 1180. The fraction of sp³-hybridized carbons (Fsp3) is 0.457. The molecular formula is C35H44O6. The van der Waals surface area contributed by atoms with Crippen LogP contribution in [0.4, 0.5) is 0 Å². The molecule has 0 aromatic heterocycles. The number of hydrogen-bond donors (Lipinski definition) is 0. The zero-order valence-corrected chi connectivity index (χ0v) is 24.7. The summed E-state index contributed by atoms with van der Waals surface area (Å²) in [6, 6.07) is 16.3. The molecule has 0 fully saturated rings. The molecule has 0 radical (unpaired) electrons. The molecule has 41 heavy (non-hydrogen) atoms. The lowest BCUT2D eigenvalue weighted by molar-refractivity contribution is -0.156. The standard InChI is InChI=1S/C35H44O6/c1-4-6-8-9-10-14-26-39-35(24-22-29(23-25-35)28-15-12-11-13-16-28)34(38)41-31-20-18-30(19-21-31)33(37)27(3)40-32(36)17-7-5-2/h11-13,15-16,18-24,27H,4-10,14,17,25-26H2,1-3H3. The molecule has 0 bridgehead atoms.